The lowest BCUT2D eigenvalue weighted by Gasteiger charge is -2.19. The van der Waals surface area contributed by atoms with Gasteiger partial charge in [-0.1, -0.05) is 6.07 Å². The number of rotatable bonds is 4. The molecule has 0 spiro atoms. The minimum Gasteiger partial charge on any atom is -0.338 e. The molecule has 0 fully saturated rings. The van der Waals surface area contributed by atoms with Crippen molar-refractivity contribution in [2.45, 2.75) is 6.04 Å². The van der Waals surface area contributed by atoms with Gasteiger partial charge in [0.1, 0.15) is 11.9 Å². The first kappa shape index (κ1) is 15.8. The van der Waals surface area contributed by atoms with Gasteiger partial charge in [-0.3, -0.25) is 9.78 Å². The van der Waals surface area contributed by atoms with E-state index in [0.717, 1.165) is 12.1 Å². The zero-order chi connectivity index (χ0) is 17.1. The first-order chi connectivity index (χ1) is 11.6. The van der Waals surface area contributed by atoms with Gasteiger partial charge >= 0.3 is 0 Å². The molecule has 7 heteroatoms. The number of nitrogens with zero attached hydrogens (tertiary/aromatic N) is 3. The molecule has 1 unspecified atom stereocenters. The highest BCUT2D eigenvalue weighted by Gasteiger charge is 2.22. The van der Waals surface area contributed by atoms with Gasteiger partial charge in [0.05, 0.1) is 0 Å². The van der Waals surface area contributed by atoms with E-state index >= 15 is 0 Å². The van der Waals surface area contributed by atoms with Gasteiger partial charge < -0.3 is 9.88 Å². The van der Waals surface area contributed by atoms with Gasteiger partial charge in [0.2, 0.25) is 0 Å². The summed E-state index contributed by atoms with van der Waals surface area (Å²) < 4.78 is 28.5. The van der Waals surface area contributed by atoms with E-state index < -0.39 is 17.7 Å². The van der Waals surface area contributed by atoms with Crippen LogP contribution in [0.1, 0.15) is 27.8 Å². The Hall–Kier alpha value is -3.09. The predicted octanol–water partition coefficient (Wildman–Crippen LogP) is 2.61. The fourth-order valence-electron chi connectivity index (χ4n) is 2.36. The third-order valence-corrected chi connectivity index (χ3v) is 3.61. The molecule has 0 saturated carbocycles. The minimum absolute atomic E-state index is 0.366. The maximum absolute atomic E-state index is 13.6. The molecular formula is C17H14F2N4O. The van der Waals surface area contributed by atoms with Gasteiger partial charge in [0.15, 0.2) is 11.6 Å². The van der Waals surface area contributed by atoms with Crippen molar-refractivity contribution < 1.29 is 13.6 Å². The molecule has 0 saturated heterocycles. The summed E-state index contributed by atoms with van der Waals surface area (Å²) in [6.45, 7) is 0. The van der Waals surface area contributed by atoms with Crippen molar-refractivity contribution in [2.24, 2.45) is 7.05 Å². The van der Waals surface area contributed by atoms with Crippen LogP contribution < -0.4 is 5.32 Å². The van der Waals surface area contributed by atoms with Crippen LogP contribution in [0.3, 0.4) is 0 Å². The quantitative estimate of drug-likeness (QED) is 0.801. The van der Waals surface area contributed by atoms with Crippen molar-refractivity contribution in [3.8, 4) is 0 Å². The predicted molar refractivity (Wildman–Crippen MR) is 83.1 cm³/mol. The van der Waals surface area contributed by atoms with E-state index in [9.17, 15) is 13.6 Å². The molecule has 1 N–H and O–H groups in total. The zero-order valence-corrected chi connectivity index (χ0v) is 12.8. The number of aryl methyl sites for hydroxylation is 1. The lowest BCUT2D eigenvalue weighted by molar-refractivity contribution is 0.0941. The van der Waals surface area contributed by atoms with Crippen molar-refractivity contribution in [2.75, 3.05) is 0 Å². The Kier molecular flexibility index (Phi) is 4.33. The van der Waals surface area contributed by atoms with E-state index in [0.29, 0.717) is 17.0 Å². The molecule has 0 aliphatic rings. The molecule has 0 radical (unpaired) electrons. The fourth-order valence-corrected chi connectivity index (χ4v) is 2.36. The summed E-state index contributed by atoms with van der Waals surface area (Å²) >= 11 is 0. The van der Waals surface area contributed by atoms with Crippen LogP contribution in [0.25, 0.3) is 0 Å². The lowest BCUT2D eigenvalue weighted by Crippen LogP contribution is -2.31. The average molecular weight is 328 g/mol. The molecule has 1 atom stereocenters. The fraction of sp³-hybridized carbons (Fsp3) is 0.118. The summed E-state index contributed by atoms with van der Waals surface area (Å²) in [4.78, 5) is 20.5. The van der Waals surface area contributed by atoms with Crippen LogP contribution in [-0.4, -0.2) is 20.4 Å². The summed E-state index contributed by atoms with van der Waals surface area (Å²) in [6, 6.07) is 5.91. The van der Waals surface area contributed by atoms with Crippen LogP contribution in [-0.2, 0) is 7.05 Å². The van der Waals surface area contributed by atoms with E-state index in [2.05, 4.69) is 15.3 Å². The molecule has 2 heterocycles. The van der Waals surface area contributed by atoms with Gasteiger partial charge in [-0.05, 0) is 29.8 Å². The number of carbonyl (C=O) groups is 1. The molecule has 24 heavy (non-hydrogen) atoms. The average Bonchev–Trinajstić information content (AvgIpc) is 3.01. The molecule has 0 aliphatic carbocycles. The van der Waals surface area contributed by atoms with Crippen molar-refractivity contribution in [1.82, 2.24) is 19.9 Å². The van der Waals surface area contributed by atoms with Gasteiger partial charge in [-0.2, -0.15) is 0 Å². The van der Waals surface area contributed by atoms with E-state index in [-0.39, 0.29) is 5.91 Å². The number of benzene rings is 1. The number of pyridine rings is 1. The highest BCUT2D eigenvalue weighted by atomic mass is 19.2. The molecule has 3 rings (SSSR count). The number of hydrogen-bond acceptors (Lipinski definition) is 3. The van der Waals surface area contributed by atoms with Crippen molar-refractivity contribution in [1.29, 1.82) is 0 Å². The second-order valence-electron chi connectivity index (χ2n) is 5.21. The van der Waals surface area contributed by atoms with Crippen LogP contribution in [0.5, 0.6) is 0 Å². The number of aromatic nitrogens is 3. The Labute approximate surface area is 137 Å². The monoisotopic (exact) mass is 328 g/mol. The van der Waals surface area contributed by atoms with Crippen molar-refractivity contribution >= 4 is 5.91 Å². The Balaban J connectivity index is 1.98. The molecule has 1 amide bonds. The summed E-state index contributed by atoms with van der Waals surface area (Å²) in [5, 5.41) is 2.80. The third-order valence-electron chi connectivity index (χ3n) is 3.61. The summed E-state index contributed by atoms with van der Waals surface area (Å²) in [6.07, 6.45) is 6.28. The first-order valence-electron chi connectivity index (χ1n) is 7.19. The second kappa shape index (κ2) is 6.57. The SMILES string of the molecule is Cn1ccnc1C(NC(=O)c1ccncc1)c1ccc(F)c(F)c1. The normalized spacial score (nSPS) is 12.0. The van der Waals surface area contributed by atoms with Crippen molar-refractivity contribution in [3.05, 3.63) is 83.7 Å². The molecular weight excluding hydrogens is 314 g/mol. The zero-order valence-electron chi connectivity index (χ0n) is 12.8. The van der Waals surface area contributed by atoms with Crippen LogP contribution in [0.2, 0.25) is 0 Å². The summed E-state index contributed by atoms with van der Waals surface area (Å²) in [5.74, 6) is -1.79. The van der Waals surface area contributed by atoms with Crippen LogP contribution in [0, 0.1) is 11.6 Å². The van der Waals surface area contributed by atoms with Crippen LogP contribution in [0.15, 0.2) is 55.1 Å². The largest absolute Gasteiger partial charge is 0.338 e. The standard InChI is InChI=1S/C17H14F2N4O/c1-23-9-8-21-16(23)15(12-2-3-13(18)14(19)10-12)22-17(24)11-4-6-20-7-5-11/h2-10,15H,1H3,(H,22,24). The number of imidazole rings is 1. The Morgan fingerprint density at radius 1 is 1.12 bits per heavy atom. The van der Waals surface area contributed by atoms with Gasteiger partial charge in [0.25, 0.3) is 5.91 Å². The third kappa shape index (κ3) is 3.15. The molecule has 0 bridgehead atoms. The van der Waals surface area contributed by atoms with E-state index in [4.69, 9.17) is 0 Å². The number of nitrogens with one attached hydrogen (secondary N) is 1. The van der Waals surface area contributed by atoms with Gasteiger partial charge in [-0.25, -0.2) is 13.8 Å². The Morgan fingerprint density at radius 3 is 2.50 bits per heavy atom. The maximum Gasteiger partial charge on any atom is 0.252 e. The minimum atomic E-state index is -0.982. The van der Waals surface area contributed by atoms with Crippen LogP contribution in [0.4, 0.5) is 8.78 Å². The Morgan fingerprint density at radius 2 is 1.88 bits per heavy atom. The molecule has 3 aromatic rings. The smallest absolute Gasteiger partial charge is 0.252 e. The summed E-state index contributed by atoms with van der Waals surface area (Å²) in [7, 11) is 1.76. The molecule has 1 aromatic carbocycles. The molecule has 2 aromatic heterocycles. The highest BCUT2D eigenvalue weighted by Crippen LogP contribution is 2.23. The van der Waals surface area contributed by atoms with E-state index in [1.54, 1.807) is 36.1 Å². The van der Waals surface area contributed by atoms with Crippen LogP contribution >= 0.6 is 0 Å². The number of halogens is 2. The number of amides is 1. The van der Waals surface area contributed by atoms with E-state index in [1.165, 1.54) is 18.5 Å². The first-order valence-corrected chi connectivity index (χ1v) is 7.19. The molecule has 5 nitrogen and oxygen atoms in total. The lowest BCUT2D eigenvalue weighted by atomic mass is 10.0. The maximum atomic E-state index is 13.6. The molecule has 0 aliphatic heterocycles. The highest BCUT2D eigenvalue weighted by molar-refractivity contribution is 5.94. The summed E-state index contributed by atoms with van der Waals surface area (Å²) in [5.41, 5.74) is 0.803. The second-order valence-corrected chi connectivity index (χ2v) is 5.21. The topological polar surface area (TPSA) is 59.8 Å². The number of hydrogen-bond donors (Lipinski definition) is 1. The Bertz CT molecular complexity index is 864. The molecule has 122 valence electrons. The van der Waals surface area contributed by atoms with Gasteiger partial charge in [0, 0.05) is 37.4 Å². The van der Waals surface area contributed by atoms with Crippen molar-refractivity contribution in [3.63, 3.8) is 0 Å². The van der Waals surface area contributed by atoms with Gasteiger partial charge in [-0.15, -0.1) is 0 Å². The van der Waals surface area contributed by atoms with E-state index in [1.807, 2.05) is 0 Å². The number of carbonyl (C=O) groups excluding carboxylic acids is 1.